The number of nitrogens with zero attached hydrogens (tertiary/aromatic N) is 3. The Morgan fingerprint density at radius 2 is 1.72 bits per heavy atom. The summed E-state index contributed by atoms with van der Waals surface area (Å²) in [6.45, 7) is 0. The first kappa shape index (κ1) is 16.9. The van der Waals surface area contributed by atoms with E-state index in [9.17, 15) is 14.9 Å². The van der Waals surface area contributed by atoms with Gasteiger partial charge < -0.3 is 0 Å². The number of hydrogen-bond acceptors (Lipinski definition) is 5. The Morgan fingerprint density at radius 1 is 1.00 bits per heavy atom. The molecule has 1 aromatic heterocycles. The number of benzene rings is 2. The van der Waals surface area contributed by atoms with Gasteiger partial charge in [-0.25, -0.2) is 0 Å². The van der Waals surface area contributed by atoms with E-state index in [4.69, 9.17) is 23.2 Å². The van der Waals surface area contributed by atoms with E-state index in [1.165, 1.54) is 24.3 Å². The molecule has 0 atom stereocenters. The third-order valence-corrected chi connectivity index (χ3v) is 4.12. The van der Waals surface area contributed by atoms with Crippen molar-refractivity contribution in [2.45, 2.75) is 0 Å². The van der Waals surface area contributed by atoms with Gasteiger partial charge in [0.05, 0.1) is 20.7 Å². The number of aromatic amines is 2. The predicted molar refractivity (Wildman–Crippen MR) is 94.1 cm³/mol. The molecular formula is C15H9Cl2N5O3. The highest BCUT2D eigenvalue weighted by atomic mass is 35.5. The smallest absolute Gasteiger partial charge is 0.292 e. The lowest BCUT2D eigenvalue weighted by Gasteiger charge is -2.00. The van der Waals surface area contributed by atoms with Crippen LogP contribution >= 0.6 is 23.2 Å². The largest absolute Gasteiger partial charge is 0.295 e. The summed E-state index contributed by atoms with van der Waals surface area (Å²) in [5, 5.41) is 24.3. The first-order valence-electron chi connectivity index (χ1n) is 6.88. The molecule has 3 aromatic rings. The van der Waals surface area contributed by atoms with Crippen molar-refractivity contribution < 1.29 is 4.92 Å². The molecule has 0 aliphatic rings. The van der Waals surface area contributed by atoms with Crippen molar-refractivity contribution in [3.8, 4) is 11.3 Å². The van der Waals surface area contributed by atoms with Crippen molar-refractivity contribution in [2.75, 3.05) is 0 Å². The maximum atomic E-state index is 12.0. The monoisotopic (exact) mass is 377 g/mol. The van der Waals surface area contributed by atoms with Crippen molar-refractivity contribution in [2.24, 2.45) is 10.2 Å². The van der Waals surface area contributed by atoms with Gasteiger partial charge in [0.2, 0.25) is 0 Å². The molecule has 2 N–H and O–H groups in total. The third kappa shape index (κ3) is 3.44. The van der Waals surface area contributed by atoms with Crippen molar-refractivity contribution in [3.05, 3.63) is 73.0 Å². The van der Waals surface area contributed by atoms with Crippen LogP contribution in [0.3, 0.4) is 0 Å². The standard InChI is InChI=1S/C15H9Cl2N5O3/c16-10-2-1-3-11(12(10)17)18-20-14-13(19-21-15(14)23)8-4-6-9(7-5-8)22(24)25/h1-7H,(H2,19,21,23). The summed E-state index contributed by atoms with van der Waals surface area (Å²) in [5.41, 5.74) is 0.664. The van der Waals surface area contributed by atoms with E-state index in [-0.39, 0.29) is 16.4 Å². The zero-order valence-electron chi connectivity index (χ0n) is 12.4. The molecule has 8 nitrogen and oxygen atoms in total. The van der Waals surface area contributed by atoms with Gasteiger partial charge >= 0.3 is 0 Å². The summed E-state index contributed by atoms with van der Waals surface area (Å²) in [4.78, 5) is 22.2. The highest BCUT2D eigenvalue weighted by Gasteiger charge is 2.14. The lowest BCUT2D eigenvalue weighted by atomic mass is 10.1. The molecule has 0 saturated carbocycles. The maximum Gasteiger partial charge on any atom is 0.292 e. The Labute approximate surface area is 150 Å². The Balaban J connectivity index is 2.00. The number of halogens is 2. The van der Waals surface area contributed by atoms with Gasteiger partial charge in [0.25, 0.3) is 11.2 Å². The topological polar surface area (TPSA) is 117 Å². The minimum Gasteiger partial charge on any atom is -0.295 e. The molecule has 25 heavy (non-hydrogen) atoms. The minimum absolute atomic E-state index is 0.0184. The van der Waals surface area contributed by atoms with Crippen LogP contribution < -0.4 is 5.56 Å². The summed E-state index contributed by atoms with van der Waals surface area (Å²) < 4.78 is 0. The summed E-state index contributed by atoms with van der Waals surface area (Å²) in [5.74, 6) is 0. The molecule has 0 aliphatic carbocycles. The number of nitro groups is 1. The van der Waals surface area contributed by atoms with Gasteiger partial charge in [-0.15, -0.1) is 10.2 Å². The average Bonchev–Trinajstić information content (AvgIpc) is 2.97. The van der Waals surface area contributed by atoms with E-state index in [1.807, 2.05) is 0 Å². The number of nitrogens with one attached hydrogen (secondary N) is 2. The van der Waals surface area contributed by atoms with Crippen LogP contribution in [0.2, 0.25) is 10.0 Å². The summed E-state index contributed by atoms with van der Waals surface area (Å²) >= 11 is 11.9. The molecule has 0 fully saturated rings. The number of nitro benzene ring substituents is 1. The minimum atomic E-state index is -0.509. The van der Waals surface area contributed by atoms with Crippen molar-refractivity contribution >= 4 is 40.3 Å². The Morgan fingerprint density at radius 3 is 2.40 bits per heavy atom. The second kappa shape index (κ2) is 6.88. The molecule has 3 rings (SSSR count). The van der Waals surface area contributed by atoms with E-state index in [0.717, 1.165) is 0 Å². The van der Waals surface area contributed by atoms with Gasteiger partial charge in [0, 0.05) is 17.7 Å². The lowest BCUT2D eigenvalue weighted by molar-refractivity contribution is -0.384. The molecule has 0 radical (unpaired) electrons. The molecule has 10 heteroatoms. The molecule has 0 unspecified atom stereocenters. The van der Waals surface area contributed by atoms with Crippen LogP contribution in [0, 0.1) is 10.1 Å². The van der Waals surface area contributed by atoms with Gasteiger partial charge in [-0.05, 0) is 24.3 Å². The number of H-pyrrole nitrogens is 2. The van der Waals surface area contributed by atoms with Crippen LogP contribution in [0.25, 0.3) is 11.3 Å². The fourth-order valence-corrected chi connectivity index (χ4v) is 2.41. The average molecular weight is 378 g/mol. The molecule has 0 amide bonds. The van der Waals surface area contributed by atoms with Crippen molar-refractivity contribution in [1.29, 1.82) is 0 Å². The Hall–Kier alpha value is -2.97. The maximum absolute atomic E-state index is 12.0. The van der Waals surface area contributed by atoms with Crippen LogP contribution in [-0.2, 0) is 0 Å². The van der Waals surface area contributed by atoms with Gasteiger partial charge in [-0.3, -0.25) is 25.1 Å². The van der Waals surface area contributed by atoms with E-state index >= 15 is 0 Å². The second-order valence-electron chi connectivity index (χ2n) is 4.88. The molecule has 126 valence electrons. The summed E-state index contributed by atoms with van der Waals surface area (Å²) in [7, 11) is 0. The SMILES string of the molecule is O=c1[nH][nH]c(-c2ccc([N+](=O)[O-])cc2)c1N=Nc1cccc(Cl)c1Cl. The van der Waals surface area contributed by atoms with Crippen LogP contribution in [0.15, 0.2) is 57.5 Å². The number of aromatic nitrogens is 2. The number of azo groups is 1. The normalized spacial score (nSPS) is 11.1. The van der Waals surface area contributed by atoms with E-state index in [2.05, 4.69) is 20.4 Å². The second-order valence-corrected chi connectivity index (χ2v) is 5.66. The highest BCUT2D eigenvalue weighted by Crippen LogP contribution is 2.33. The molecule has 0 spiro atoms. The predicted octanol–water partition coefficient (Wildman–Crippen LogP) is 5.00. The van der Waals surface area contributed by atoms with Gasteiger partial charge in [-0.2, -0.15) is 0 Å². The van der Waals surface area contributed by atoms with Crippen LogP contribution in [0.5, 0.6) is 0 Å². The Kier molecular flexibility index (Phi) is 4.64. The van der Waals surface area contributed by atoms with Gasteiger partial charge in [0.1, 0.15) is 5.69 Å². The highest BCUT2D eigenvalue weighted by molar-refractivity contribution is 6.43. The number of non-ortho nitro benzene ring substituents is 1. The molecule has 0 bridgehead atoms. The lowest BCUT2D eigenvalue weighted by Crippen LogP contribution is -1.96. The molecule has 0 aliphatic heterocycles. The number of hydrogen-bond donors (Lipinski definition) is 2. The summed E-state index contributed by atoms with van der Waals surface area (Å²) in [6, 6.07) is 10.5. The fourth-order valence-electron chi connectivity index (χ4n) is 2.08. The van der Waals surface area contributed by atoms with Crippen LogP contribution in [0.1, 0.15) is 0 Å². The quantitative estimate of drug-likeness (QED) is 0.378. The van der Waals surface area contributed by atoms with Crippen molar-refractivity contribution in [3.63, 3.8) is 0 Å². The van der Waals surface area contributed by atoms with Crippen LogP contribution in [-0.4, -0.2) is 15.1 Å². The van der Waals surface area contributed by atoms with E-state index in [0.29, 0.717) is 22.0 Å². The molecule has 2 aromatic carbocycles. The summed E-state index contributed by atoms with van der Waals surface area (Å²) in [6.07, 6.45) is 0. The molecular weight excluding hydrogens is 369 g/mol. The zero-order chi connectivity index (χ0) is 18.0. The van der Waals surface area contributed by atoms with E-state index < -0.39 is 10.5 Å². The first-order chi connectivity index (χ1) is 12.0. The zero-order valence-corrected chi connectivity index (χ0v) is 13.9. The van der Waals surface area contributed by atoms with Crippen molar-refractivity contribution in [1.82, 2.24) is 10.2 Å². The molecule has 0 saturated heterocycles. The van der Waals surface area contributed by atoms with E-state index in [1.54, 1.807) is 18.2 Å². The van der Waals surface area contributed by atoms with Gasteiger partial charge in [-0.1, -0.05) is 29.3 Å². The fraction of sp³-hybridized carbons (Fsp3) is 0. The third-order valence-electron chi connectivity index (χ3n) is 3.31. The van der Waals surface area contributed by atoms with Crippen LogP contribution in [0.4, 0.5) is 17.1 Å². The van der Waals surface area contributed by atoms with Gasteiger partial charge in [0.15, 0.2) is 5.69 Å². The number of rotatable bonds is 4. The first-order valence-corrected chi connectivity index (χ1v) is 7.64. The Bertz CT molecular complexity index is 1020. The molecule has 1 heterocycles.